The van der Waals surface area contributed by atoms with Crippen molar-refractivity contribution < 1.29 is 69.2 Å². The molecular weight excluding hydrogens is 586 g/mol. The molecule has 0 aromatic heterocycles. The second kappa shape index (κ2) is 8.85. The van der Waals surface area contributed by atoms with Crippen LogP contribution in [0.3, 0.4) is 0 Å². The molecule has 0 radical (unpaired) electrons. The van der Waals surface area contributed by atoms with Gasteiger partial charge in [0, 0.05) is 0 Å². The maximum Gasteiger partial charge on any atom is 0.490 e. The van der Waals surface area contributed by atoms with Gasteiger partial charge in [-0.05, 0) is 0 Å². The zero-order valence-electron chi connectivity index (χ0n) is 9.32. The standard InChI is InChI=1S/3C2HF3O2.Cm/c3*3-2(4,5)1(6)7;/h3*(H,6,7);. The zero-order chi connectivity index (χ0) is 18.2. The van der Waals surface area contributed by atoms with E-state index < -0.39 is 36.4 Å². The van der Waals surface area contributed by atoms with Crippen LogP contribution in [0, 0.1) is 0 Å². The van der Waals surface area contributed by atoms with Crippen LogP contribution in [0.2, 0.25) is 0 Å². The molecule has 0 atom stereocenters. The Morgan fingerprint density at radius 3 is 0.545 bits per heavy atom. The van der Waals surface area contributed by atoms with Gasteiger partial charge < -0.3 is 15.3 Å². The third kappa shape index (κ3) is 19.1. The third-order valence-electron chi connectivity index (χ3n) is 0.728. The Morgan fingerprint density at radius 2 is 0.545 bits per heavy atom. The van der Waals surface area contributed by atoms with Crippen molar-refractivity contribution >= 4 is 17.9 Å². The quantitative estimate of drug-likeness (QED) is 0.373. The molecule has 3 N–H and O–H groups in total. The van der Waals surface area contributed by atoms with E-state index in [0.29, 0.717) is 0 Å². The molecule has 0 rings (SSSR count). The van der Waals surface area contributed by atoms with E-state index in [2.05, 4.69) is 0 Å². The summed E-state index contributed by atoms with van der Waals surface area (Å²) in [6.07, 6.45) is -15.3. The molecule has 0 aliphatic rings. The average molecular weight is 589 g/mol. The SMILES string of the molecule is O=C(O)C(F)(F)F.O=C(O)C(F)(F)F.O=C(O)C(F)(F)F.[Cm]. The van der Waals surface area contributed by atoms with Crippen LogP contribution >= 0.6 is 0 Å². The van der Waals surface area contributed by atoms with Crippen molar-refractivity contribution in [1.29, 1.82) is 0 Å². The Hall–Kier alpha value is -3.22. The van der Waals surface area contributed by atoms with Gasteiger partial charge in [0.15, 0.2) is 0 Å². The van der Waals surface area contributed by atoms with Crippen molar-refractivity contribution in [1.82, 2.24) is 0 Å². The molecule has 0 amide bonds. The molecule has 0 aliphatic carbocycles. The predicted molar refractivity (Wildman–Crippen MR) is 41.1 cm³/mol. The summed E-state index contributed by atoms with van der Waals surface area (Å²) >= 11 is 0. The van der Waals surface area contributed by atoms with E-state index in [1.807, 2.05) is 0 Å². The first kappa shape index (κ1) is 27.2. The van der Waals surface area contributed by atoms with Gasteiger partial charge in [-0.15, -0.1) is 0 Å². The van der Waals surface area contributed by atoms with Gasteiger partial charge in [0.1, 0.15) is 0 Å². The number of hydrogen-bond donors (Lipinski definition) is 3. The second-order valence-corrected chi connectivity index (χ2v) is 2.41. The molecule has 0 saturated carbocycles. The zero-order valence-corrected chi connectivity index (χ0v) is 12.3. The molecule has 0 unspecified atom stereocenters. The summed E-state index contributed by atoms with van der Waals surface area (Å²) in [4.78, 5) is 26.7. The monoisotopic (exact) mass is 585 g/mol. The summed E-state index contributed by atoms with van der Waals surface area (Å²) in [6, 6.07) is 0. The maximum atomic E-state index is 10.6. The van der Waals surface area contributed by atoms with Crippen molar-refractivity contribution in [2.24, 2.45) is 0 Å². The van der Waals surface area contributed by atoms with E-state index >= 15 is 0 Å². The van der Waals surface area contributed by atoms with E-state index in [9.17, 15) is 39.5 Å². The first-order valence-electron chi connectivity index (χ1n) is 3.73. The fourth-order valence-electron chi connectivity index (χ4n) is 0. The van der Waals surface area contributed by atoms with E-state index in [1.165, 1.54) is 0 Å². The van der Waals surface area contributed by atoms with E-state index in [4.69, 9.17) is 29.7 Å². The molecule has 6 nitrogen and oxygen atoms in total. The van der Waals surface area contributed by atoms with Crippen molar-refractivity contribution in [3.8, 4) is 0 Å². The second-order valence-electron chi connectivity index (χ2n) is 2.41. The summed E-state index contributed by atoms with van der Waals surface area (Å²) in [5, 5.41) is 21.4. The van der Waals surface area contributed by atoms with Crippen molar-refractivity contribution in [2.45, 2.75) is 18.5 Å². The van der Waals surface area contributed by atoms with Crippen LogP contribution in [-0.4, -0.2) is 51.8 Å². The number of halogens is 9. The minimum atomic E-state index is -5.08. The van der Waals surface area contributed by atoms with Crippen LogP contribution in [-0.2, 0) is 14.4 Å². The number of aliphatic carboxylic acids is 3. The number of rotatable bonds is 0. The Morgan fingerprint density at radius 1 is 0.500 bits per heavy atom. The van der Waals surface area contributed by atoms with Gasteiger partial charge in [0.05, 0.1) is 0 Å². The Bertz CT molecular complexity index is 313. The Kier molecular flexibility index (Phi) is 10.9. The number of carboxylic acid groups (broad SMARTS) is 3. The molecule has 0 fully saturated rings. The van der Waals surface area contributed by atoms with Crippen LogP contribution in [0.4, 0.5) is 39.5 Å². The molecular formula is C6H3CmF9O6. The Balaban J connectivity index is -0.000000108. The minimum absolute atomic E-state index is 0. The van der Waals surface area contributed by atoms with Crippen LogP contribution < -0.4 is 0 Å². The maximum absolute atomic E-state index is 10.6. The van der Waals surface area contributed by atoms with Gasteiger partial charge in [-0.1, -0.05) is 0 Å². The van der Waals surface area contributed by atoms with Gasteiger partial charge in [0.25, 0.3) is 0 Å². The van der Waals surface area contributed by atoms with Gasteiger partial charge in [-0.25, -0.2) is 14.4 Å². The predicted octanol–water partition coefficient (Wildman–Crippen LogP) is 1.90. The Labute approximate surface area is 107 Å². The molecule has 22 heavy (non-hydrogen) atoms. The topological polar surface area (TPSA) is 112 Å². The number of hydrogen-bond acceptors (Lipinski definition) is 3. The summed E-state index contributed by atoms with van der Waals surface area (Å²) in [5.74, 6) is -8.27. The largest absolute Gasteiger partial charge is 0.490 e. The molecule has 0 heterocycles. The van der Waals surface area contributed by atoms with Crippen molar-refractivity contribution in [2.75, 3.05) is 0 Å². The van der Waals surface area contributed by atoms with Crippen LogP contribution in [0.1, 0.15) is 0 Å². The van der Waals surface area contributed by atoms with Crippen LogP contribution in [0.5, 0.6) is 0 Å². The first-order valence-corrected chi connectivity index (χ1v) is 3.73. The number of alkyl halides is 9. The summed E-state index contributed by atoms with van der Waals surface area (Å²) in [7, 11) is 0. The van der Waals surface area contributed by atoms with Crippen molar-refractivity contribution in [3.05, 3.63) is 0 Å². The van der Waals surface area contributed by atoms with Crippen LogP contribution in [0.15, 0.2) is 0 Å². The van der Waals surface area contributed by atoms with E-state index in [0.717, 1.165) is 0 Å². The van der Waals surface area contributed by atoms with Gasteiger partial charge in [0.2, 0.25) is 0 Å². The molecule has 16 heteroatoms. The molecule has 0 bridgehead atoms. The van der Waals surface area contributed by atoms with Crippen LogP contribution in [0.25, 0.3) is 0 Å². The van der Waals surface area contributed by atoms with Gasteiger partial charge >= 0.3 is 36.4 Å². The number of carbonyl (C=O) groups is 3. The minimum Gasteiger partial charge on any atom is -0.475 e. The third-order valence-corrected chi connectivity index (χ3v) is 0.728. The molecule has 0 aromatic carbocycles. The molecule has 0 saturated heterocycles. The van der Waals surface area contributed by atoms with E-state index in [1.54, 1.807) is 0 Å². The average Bonchev–Trinajstić information content (AvgIpc) is 2.14. The molecule has 0 spiro atoms. The first-order chi connectivity index (χ1) is 8.83. The summed E-state index contributed by atoms with van der Waals surface area (Å²) in [5.41, 5.74) is 0. The smallest absolute Gasteiger partial charge is 0.475 e. The normalized spacial score (nSPS) is 10.8. The fourth-order valence-corrected chi connectivity index (χ4v) is 0. The fraction of sp³-hybridized carbons (Fsp3) is 0.500. The van der Waals surface area contributed by atoms with E-state index in [-0.39, 0.29) is 0 Å². The van der Waals surface area contributed by atoms with Gasteiger partial charge in [-0.2, -0.15) is 39.5 Å². The van der Waals surface area contributed by atoms with Gasteiger partial charge in [-0.3, -0.25) is 0 Å². The molecule has 0 aliphatic heterocycles. The summed E-state index contributed by atoms with van der Waals surface area (Å²) in [6.45, 7) is 0. The summed E-state index contributed by atoms with van der Waals surface area (Å²) < 4.78 is 95.2. The molecule has 134 valence electrons. The molecule has 0 aromatic rings. The van der Waals surface area contributed by atoms with Crippen molar-refractivity contribution in [3.63, 3.8) is 0 Å². The number of carboxylic acids is 3.